The van der Waals surface area contributed by atoms with Crippen molar-refractivity contribution in [1.82, 2.24) is 5.32 Å². The van der Waals surface area contributed by atoms with Gasteiger partial charge in [-0.05, 0) is 35.9 Å². The Morgan fingerprint density at radius 2 is 1.62 bits per heavy atom. The van der Waals surface area contributed by atoms with E-state index >= 15 is 0 Å². The van der Waals surface area contributed by atoms with E-state index in [0.717, 1.165) is 31.1 Å². The summed E-state index contributed by atoms with van der Waals surface area (Å²) in [6, 6.07) is 13.5. The predicted octanol–water partition coefficient (Wildman–Crippen LogP) is 4.20. The molecule has 0 aliphatic rings. The van der Waals surface area contributed by atoms with Crippen LogP contribution in [0.15, 0.2) is 42.5 Å². The second-order valence-corrected chi connectivity index (χ2v) is 5.48. The first-order valence-corrected chi connectivity index (χ1v) is 7.46. The molecule has 0 saturated carbocycles. The van der Waals surface area contributed by atoms with Gasteiger partial charge in [-0.15, -0.1) is 0 Å². The summed E-state index contributed by atoms with van der Waals surface area (Å²) in [5, 5.41) is 7.92. The Balaban J connectivity index is 1.69. The lowest BCUT2D eigenvalue weighted by molar-refractivity contribution is 0.414. The van der Waals surface area contributed by atoms with Crippen LogP contribution in [0.5, 0.6) is 5.75 Å². The maximum Gasteiger partial charge on any atom is 0.118 e. The summed E-state index contributed by atoms with van der Waals surface area (Å²) in [5.74, 6) is 0.873. The van der Waals surface area contributed by atoms with Crippen LogP contribution >= 0.6 is 23.2 Å². The molecular formula is C16H18Cl2N2O. The summed E-state index contributed by atoms with van der Waals surface area (Å²) in [6.45, 7) is 2.46. The topological polar surface area (TPSA) is 33.3 Å². The summed E-state index contributed by atoms with van der Waals surface area (Å²) >= 11 is 11.9. The lowest BCUT2D eigenvalue weighted by Crippen LogP contribution is -2.21. The highest BCUT2D eigenvalue weighted by molar-refractivity contribution is 6.35. The van der Waals surface area contributed by atoms with Crippen LogP contribution in [0.2, 0.25) is 10.0 Å². The Morgan fingerprint density at radius 3 is 2.24 bits per heavy atom. The number of halogens is 2. The van der Waals surface area contributed by atoms with Crippen LogP contribution in [0.3, 0.4) is 0 Å². The normalized spacial score (nSPS) is 10.4. The maximum absolute atomic E-state index is 5.94. The summed E-state index contributed by atoms with van der Waals surface area (Å²) in [4.78, 5) is 0. The van der Waals surface area contributed by atoms with E-state index in [0.29, 0.717) is 10.0 Å². The molecular weight excluding hydrogens is 307 g/mol. The number of anilines is 1. The molecule has 0 aromatic heterocycles. The molecule has 2 aromatic rings. The van der Waals surface area contributed by atoms with E-state index in [-0.39, 0.29) is 0 Å². The molecule has 0 aliphatic carbocycles. The van der Waals surface area contributed by atoms with Crippen molar-refractivity contribution >= 4 is 28.9 Å². The van der Waals surface area contributed by atoms with Crippen molar-refractivity contribution in [3.05, 3.63) is 58.1 Å². The fourth-order valence-electron chi connectivity index (χ4n) is 1.93. The number of methoxy groups -OCH3 is 1. The van der Waals surface area contributed by atoms with Crippen molar-refractivity contribution in [2.75, 3.05) is 25.5 Å². The smallest absolute Gasteiger partial charge is 0.118 e. The van der Waals surface area contributed by atoms with Gasteiger partial charge in [-0.2, -0.15) is 0 Å². The second kappa shape index (κ2) is 8.13. The summed E-state index contributed by atoms with van der Waals surface area (Å²) in [5.41, 5.74) is 2.15. The molecule has 0 saturated heterocycles. The van der Waals surface area contributed by atoms with Gasteiger partial charge in [-0.25, -0.2) is 0 Å². The van der Waals surface area contributed by atoms with Crippen molar-refractivity contribution in [2.45, 2.75) is 6.54 Å². The molecule has 0 atom stereocenters. The molecule has 112 valence electrons. The van der Waals surface area contributed by atoms with Gasteiger partial charge < -0.3 is 15.4 Å². The standard InChI is InChI=1S/C16H18Cl2N2O/c1-21-16-4-2-12(3-5-16)11-19-6-7-20-15-9-13(17)8-14(18)10-15/h2-5,8-10,19-20H,6-7,11H2,1H3. The van der Waals surface area contributed by atoms with E-state index in [1.807, 2.05) is 24.3 Å². The number of hydrogen-bond acceptors (Lipinski definition) is 3. The Kier molecular flexibility index (Phi) is 6.18. The summed E-state index contributed by atoms with van der Waals surface area (Å²) < 4.78 is 5.13. The Hall–Kier alpha value is -1.42. The largest absolute Gasteiger partial charge is 0.497 e. The molecule has 0 amide bonds. The van der Waals surface area contributed by atoms with Crippen LogP contribution in [0.4, 0.5) is 5.69 Å². The van der Waals surface area contributed by atoms with E-state index < -0.39 is 0 Å². The van der Waals surface area contributed by atoms with E-state index in [1.165, 1.54) is 5.56 Å². The molecule has 2 aromatic carbocycles. The van der Waals surface area contributed by atoms with Gasteiger partial charge in [0.2, 0.25) is 0 Å². The SMILES string of the molecule is COc1ccc(CNCCNc2cc(Cl)cc(Cl)c2)cc1. The highest BCUT2D eigenvalue weighted by Gasteiger charge is 1.98. The monoisotopic (exact) mass is 324 g/mol. The van der Waals surface area contributed by atoms with Crippen LogP contribution in [0.1, 0.15) is 5.56 Å². The van der Waals surface area contributed by atoms with Crippen molar-refractivity contribution < 1.29 is 4.74 Å². The molecule has 2 N–H and O–H groups in total. The van der Waals surface area contributed by atoms with Gasteiger partial charge in [0.25, 0.3) is 0 Å². The molecule has 0 aliphatic heterocycles. The zero-order chi connectivity index (χ0) is 15.1. The number of hydrogen-bond donors (Lipinski definition) is 2. The van der Waals surface area contributed by atoms with Crippen LogP contribution in [0, 0.1) is 0 Å². The Morgan fingerprint density at radius 1 is 0.952 bits per heavy atom. The fourth-order valence-corrected chi connectivity index (χ4v) is 2.45. The van der Waals surface area contributed by atoms with Crippen molar-refractivity contribution in [2.24, 2.45) is 0 Å². The zero-order valence-corrected chi connectivity index (χ0v) is 13.3. The van der Waals surface area contributed by atoms with Gasteiger partial charge >= 0.3 is 0 Å². The maximum atomic E-state index is 5.94. The van der Waals surface area contributed by atoms with Crippen molar-refractivity contribution in [1.29, 1.82) is 0 Å². The van der Waals surface area contributed by atoms with Gasteiger partial charge in [0.15, 0.2) is 0 Å². The van der Waals surface area contributed by atoms with Crippen molar-refractivity contribution in [3.8, 4) is 5.75 Å². The lowest BCUT2D eigenvalue weighted by atomic mass is 10.2. The van der Waals surface area contributed by atoms with Crippen molar-refractivity contribution in [3.63, 3.8) is 0 Å². The molecule has 21 heavy (non-hydrogen) atoms. The average Bonchev–Trinajstić information content (AvgIpc) is 2.46. The lowest BCUT2D eigenvalue weighted by Gasteiger charge is -2.09. The molecule has 0 radical (unpaired) electrons. The first kappa shape index (κ1) is 16.0. The van der Waals surface area contributed by atoms with Gasteiger partial charge in [0.1, 0.15) is 5.75 Å². The molecule has 0 bridgehead atoms. The molecule has 2 rings (SSSR count). The quantitative estimate of drug-likeness (QED) is 0.749. The summed E-state index contributed by atoms with van der Waals surface area (Å²) in [6.07, 6.45) is 0. The van der Waals surface area contributed by atoms with E-state index in [2.05, 4.69) is 22.8 Å². The van der Waals surface area contributed by atoms with Gasteiger partial charge in [-0.1, -0.05) is 35.3 Å². The Bertz CT molecular complexity index is 553. The molecule has 0 unspecified atom stereocenters. The number of nitrogens with one attached hydrogen (secondary N) is 2. The first-order valence-electron chi connectivity index (χ1n) is 6.71. The average molecular weight is 325 g/mol. The van der Waals surface area contributed by atoms with E-state index in [9.17, 15) is 0 Å². The van der Waals surface area contributed by atoms with Crippen LogP contribution in [-0.2, 0) is 6.54 Å². The third-order valence-electron chi connectivity index (χ3n) is 2.98. The Labute approximate surface area is 135 Å². The van der Waals surface area contributed by atoms with Crippen LogP contribution in [-0.4, -0.2) is 20.2 Å². The molecule has 5 heteroatoms. The highest BCUT2D eigenvalue weighted by atomic mass is 35.5. The first-order chi connectivity index (χ1) is 10.2. The fraction of sp³-hybridized carbons (Fsp3) is 0.250. The third-order valence-corrected chi connectivity index (χ3v) is 3.42. The van der Waals surface area contributed by atoms with E-state index in [1.54, 1.807) is 13.2 Å². The minimum Gasteiger partial charge on any atom is -0.497 e. The number of ether oxygens (including phenoxy) is 1. The molecule has 0 spiro atoms. The minimum atomic E-state index is 0.635. The second-order valence-electron chi connectivity index (χ2n) is 4.61. The predicted molar refractivity (Wildman–Crippen MR) is 89.7 cm³/mol. The highest BCUT2D eigenvalue weighted by Crippen LogP contribution is 2.22. The van der Waals surface area contributed by atoms with Crippen LogP contribution < -0.4 is 15.4 Å². The minimum absolute atomic E-state index is 0.635. The van der Waals surface area contributed by atoms with Gasteiger partial charge in [-0.3, -0.25) is 0 Å². The summed E-state index contributed by atoms with van der Waals surface area (Å²) in [7, 11) is 1.67. The molecule has 3 nitrogen and oxygen atoms in total. The zero-order valence-electron chi connectivity index (χ0n) is 11.8. The third kappa shape index (κ3) is 5.46. The van der Waals surface area contributed by atoms with Gasteiger partial charge in [0.05, 0.1) is 7.11 Å². The van der Waals surface area contributed by atoms with Crippen LogP contribution in [0.25, 0.3) is 0 Å². The number of rotatable bonds is 7. The number of benzene rings is 2. The molecule has 0 heterocycles. The molecule has 0 fully saturated rings. The van der Waals surface area contributed by atoms with E-state index in [4.69, 9.17) is 27.9 Å². The van der Waals surface area contributed by atoms with Gasteiger partial charge in [0, 0.05) is 35.4 Å².